The predicted octanol–water partition coefficient (Wildman–Crippen LogP) is 2.97. The number of rotatable bonds is 6. The first kappa shape index (κ1) is 13.2. The smallest absolute Gasteiger partial charge is 0.261 e. The third kappa shape index (κ3) is 3.38. The third-order valence-electron chi connectivity index (χ3n) is 4.40. The van der Waals surface area contributed by atoms with E-state index < -0.39 is 13.0 Å². The largest absolute Gasteiger partial charge is 0.374 e. The van der Waals surface area contributed by atoms with Crippen molar-refractivity contribution in [1.82, 2.24) is 5.32 Å². The second kappa shape index (κ2) is 6.10. The molecule has 0 aromatic heterocycles. The van der Waals surface area contributed by atoms with E-state index in [1.54, 1.807) is 0 Å². The van der Waals surface area contributed by atoms with Crippen molar-refractivity contribution in [3.63, 3.8) is 0 Å². The summed E-state index contributed by atoms with van der Waals surface area (Å²) in [7, 11) is 0. The minimum atomic E-state index is -2.34. The Hall–Kier alpha value is -0.220. The second-order valence-corrected chi connectivity index (χ2v) is 5.43. The first-order valence-electron chi connectivity index (χ1n) is 6.82. The molecule has 0 amide bonds. The molecule has 4 heteroatoms. The molecular weight excluding hydrogens is 224 g/mol. The molecule has 0 aliphatic heterocycles. The highest BCUT2D eigenvalue weighted by Gasteiger charge is 2.46. The Balaban J connectivity index is 1.59. The van der Waals surface area contributed by atoms with Crippen molar-refractivity contribution < 1.29 is 13.5 Å². The molecule has 100 valence electrons. The third-order valence-corrected chi connectivity index (χ3v) is 4.40. The second-order valence-electron chi connectivity index (χ2n) is 5.43. The maximum Gasteiger partial charge on any atom is 0.261 e. The first-order valence-corrected chi connectivity index (χ1v) is 6.82. The fourth-order valence-electron chi connectivity index (χ4n) is 3.35. The van der Waals surface area contributed by atoms with E-state index in [-0.39, 0.29) is 0 Å². The van der Waals surface area contributed by atoms with Crippen LogP contribution in [0.1, 0.15) is 44.9 Å². The van der Waals surface area contributed by atoms with Gasteiger partial charge < -0.3 is 10.1 Å². The van der Waals surface area contributed by atoms with Crippen molar-refractivity contribution in [2.45, 2.75) is 57.4 Å². The van der Waals surface area contributed by atoms with Gasteiger partial charge in [0.05, 0.1) is 6.61 Å². The number of nitrogens with one attached hydrogen (secondary N) is 1. The van der Waals surface area contributed by atoms with Crippen LogP contribution in [0.3, 0.4) is 0 Å². The van der Waals surface area contributed by atoms with E-state index in [1.807, 2.05) is 0 Å². The highest BCUT2D eigenvalue weighted by molar-refractivity contribution is 5.01. The van der Waals surface area contributed by atoms with Crippen LogP contribution in [0.5, 0.6) is 0 Å². The van der Waals surface area contributed by atoms with Crippen LogP contribution >= 0.6 is 0 Å². The van der Waals surface area contributed by atoms with Crippen molar-refractivity contribution in [3.05, 3.63) is 0 Å². The number of halogens is 2. The van der Waals surface area contributed by atoms with E-state index in [9.17, 15) is 8.78 Å². The van der Waals surface area contributed by atoms with Gasteiger partial charge in [0.15, 0.2) is 0 Å². The van der Waals surface area contributed by atoms with Crippen LogP contribution in [0, 0.1) is 5.41 Å². The molecule has 1 N–H and O–H groups in total. The molecular formula is C13H23F2NO. The number of ether oxygens (including phenoxy) is 1. The maximum absolute atomic E-state index is 11.8. The number of hydrogen-bond donors (Lipinski definition) is 1. The van der Waals surface area contributed by atoms with Gasteiger partial charge in [0.25, 0.3) is 6.43 Å². The van der Waals surface area contributed by atoms with Gasteiger partial charge in [0.1, 0.15) is 6.61 Å². The molecule has 1 atom stereocenters. The van der Waals surface area contributed by atoms with E-state index >= 15 is 0 Å². The molecule has 2 fully saturated rings. The minimum Gasteiger partial charge on any atom is -0.374 e. The summed E-state index contributed by atoms with van der Waals surface area (Å²) in [5.74, 6) is 0. The lowest BCUT2D eigenvalue weighted by Gasteiger charge is -2.52. The van der Waals surface area contributed by atoms with Crippen LogP contribution in [0.2, 0.25) is 0 Å². The molecule has 2 nitrogen and oxygen atoms in total. The standard InChI is InChI=1S/C13H23F2NO/c14-12(15)10-17-9-8-16-11-4-7-13(11)5-2-1-3-6-13/h11-12,16H,1-10H2. The summed E-state index contributed by atoms with van der Waals surface area (Å²) in [5, 5.41) is 3.48. The molecule has 2 rings (SSSR count). The molecule has 0 bridgehead atoms. The van der Waals surface area contributed by atoms with Gasteiger partial charge in [-0.05, 0) is 31.1 Å². The quantitative estimate of drug-likeness (QED) is 0.729. The highest BCUT2D eigenvalue weighted by Crippen LogP contribution is 2.51. The topological polar surface area (TPSA) is 21.3 Å². The van der Waals surface area contributed by atoms with Gasteiger partial charge >= 0.3 is 0 Å². The zero-order valence-corrected chi connectivity index (χ0v) is 10.4. The van der Waals surface area contributed by atoms with E-state index in [2.05, 4.69) is 5.32 Å². The van der Waals surface area contributed by atoms with E-state index in [0.717, 1.165) is 0 Å². The predicted molar refractivity (Wildman–Crippen MR) is 63.4 cm³/mol. The summed E-state index contributed by atoms with van der Waals surface area (Å²) in [4.78, 5) is 0. The van der Waals surface area contributed by atoms with Gasteiger partial charge in [-0.2, -0.15) is 0 Å². The Bertz CT molecular complexity index is 229. The van der Waals surface area contributed by atoms with Gasteiger partial charge in [0, 0.05) is 12.6 Å². The van der Waals surface area contributed by atoms with Gasteiger partial charge in [-0.1, -0.05) is 19.3 Å². The molecule has 0 radical (unpaired) electrons. The first-order chi connectivity index (χ1) is 8.23. The molecule has 17 heavy (non-hydrogen) atoms. The van der Waals surface area contributed by atoms with Crippen molar-refractivity contribution >= 4 is 0 Å². The molecule has 2 aliphatic rings. The summed E-state index contributed by atoms with van der Waals surface area (Å²) in [6.45, 7) is 0.674. The molecule has 1 spiro atoms. The Morgan fingerprint density at radius 1 is 1.18 bits per heavy atom. The lowest BCUT2D eigenvalue weighted by molar-refractivity contribution is 0.00121. The van der Waals surface area contributed by atoms with E-state index in [4.69, 9.17) is 4.74 Å². The molecule has 0 saturated heterocycles. The Morgan fingerprint density at radius 3 is 2.53 bits per heavy atom. The Morgan fingerprint density at radius 2 is 1.94 bits per heavy atom. The monoisotopic (exact) mass is 247 g/mol. The molecule has 2 saturated carbocycles. The average molecular weight is 247 g/mol. The normalized spacial score (nSPS) is 27.4. The zero-order valence-electron chi connectivity index (χ0n) is 10.4. The highest BCUT2D eigenvalue weighted by atomic mass is 19.3. The van der Waals surface area contributed by atoms with Crippen LogP contribution < -0.4 is 5.32 Å². The number of alkyl halides is 2. The summed E-state index contributed by atoms with van der Waals surface area (Å²) >= 11 is 0. The van der Waals surface area contributed by atoms with Crippen molar-refractivity contribution in [3.8, 4) is 0 Å². The lowest BCUT2D eigenvalue weighted by Crippen LogP contribution is -2.54. The fraction of sp³-hybridized carbons (Fsp3) is 1.00. The SMILES string of the molecule is FC(F)COCCNC1CCC12CCCCC2. The Labute approximate surface area is 102 Å². The average Bonchev–Trinajstić information content (AvgIpc) is 2.33. The van der Waals surface area contributed by atoms with Crippen molar-refractivity contribution in [2.75, 3.05) is 19.8 Å². The molecule has 0 aromatic rings. The number of hydrogen-bond acceptors (Lipinski definition) is 2. The summed E-state index contributed by atoms with van der Waals surface area (Å²) in [6.07, 6.45) is 7.05. The van der Waals surface area contributed by atoms with E-state index in [0.29, 0.717) is 24.6 Å². The molecule has 2 aliphatic carbocycles. The van der Waals surface area contributed by atoms with Gasteiger partial charge in [-0.25, -0.2) is 8.78 Å². The van der Waals surface area contributed by atoms with Gasteiger partial charge in [-0.3, -0.25) is 0 Å². The maximum atomic E-state index is 11.8. The molecule has 1 unspecified atom stereocenters. The molecule has 0 aromatic carbocycles. The molecule has 0 heterocycles. The van der Waals surface area contributed by atoms with Gasteiger partial charge in [-0.15, -0.1) is 0 Å². The fourth-order valence-corrected chi connectivity index (χ4v) is 3.35. The Kier molecular flexibility index (Phi) is 4.74. The summed E-state index contributed by atoms with van der Waals surface area (Å²) in [6, 6.07) is 0.609. The van der Waals surface area contributed by atoms with Crippen LogP contribution in [0.15, 0.2) is 0 Å². The lowest BCUT2D eigenvalue weighted by atomic mass is 9.57. The van der Waals surface area contributed by atoms with Crippen molar-refractivity contribution in [2.24, 2.45) is 5.41 Å². The van der Waals surface area contributed by atoms with Crippen LogP contribution in [0.4, 0.5) is 8.78 Å². The minimum absolute atomic E-state index is 0.400. The van der Waals surface area contributed by atoms with Crippen LogP contribution in [-0.2, 0) is 4.74 Å². The zero-order chi connectivity index (χ0) is 12.1. The van der Waals surface area contributed by atoms with Crippen LogP contribution in [0.25, 0.3) is 0 Å². The summed E-state index contributed by atoms with van der Waals surface area (Å²) in [5.41, 5.74) is 0.543. The van der Waals surface area contributed by atoms with Crippen LogP contribution in [-0.4, -0.2) is 32.2 Å². The van der Waals surface area contributed by atoms with Crippen molar-refractivity contribution in [1.29, 1.82) is 0 Å². The van der Waals surface area contributed by atoms with E-state index in [1.165, 1.54) is 44.9 Å². The van der Waals surface area contributed by atoms with Gasteiger partial charge in [0.2, 0.25) is 0 Å². The summed E-state index contributed by atoms with van der Waals surface area (Å²) < 4.78 is 28.6.